The van der Waals surface area contributed by atoms with E-state index in [1.165, 1.54) is 12.1 Å². The SMILES string of the molecule is CCCCc1cc2ccc(F)cc2c(=O)o1. The van der Waals surface area contributed by atoms with Crippen molar-refractivity contribution < 1.29 is 8.81 Å². The molecule has 2 nitrogen and oxygen atoms in total. The summed E-state index contributed by atoms with van der Waals surface area (Å²) >= 11 is 0. The van der Waals surface area contributed by atoms with Crippen LogP contribution in [0.3, 0.4) is 0 Å². The summed E-state index contributed by atoms with van der Waals surface area (Å²) in [7, 11) is 0. The number of hydrogen-bond acceptors (Lipinski definition) is 2. The minimum atomic E-state index is -0.455. The van der Waals surface area contributed by atoms with Crippen molar-refractivity contribution in [2.75, 3.05) is 0 Å². The first kappa shape index (κ1) is 10.9. The Morgan fingerprint density at radius 3 is 2.88 bits per heavy atom. The Morgan fingerprint density at radius 2 is 2.12 bits per heavy atom. The molecule has 0 saturated heterocycles. The molecule has 84 valence electrons. The van der Waals surface area contributed by atoms with Gasteiger partial charge < -0.3 is 4.42 Å². The molecule has 0 saturated carbocycles. The van der Waals surface area contributed by atoms with Gasteiger partial charge >= 0.3 is 5.63 Å². The van der Waals surface area contributed by atoms with Gasteiger partial charge in [-0.1, -0.05) is 19.4 Å². The second-order valence-electron chi connectivity index (χ2n) is 3.84. The predicted octanol–water partition coefficient (Wildman–Crippen LogP) is 3.27. The van der Waals surface area contributed by atoms with Gasteiger partial charge in [-0.3, -0.25) is 0 Å². The highest BCUT2D eigenvalue weighted by Gasteiger charge is 2.05. The van der Waals surface area contributed by atoms with Crippen molar-refractivity contribution in [3.8, 4) is 0 Å². The summed E-state index contributed by atoms with van der Waals surface area (Å²) in [6.07, 6.45) is 2.78. The summed E-state index contributed by atoms with van der Waals surface area (Å²) in [5.74, 6) is 0.257. The molecule has 0 bridgehead atoms. The molecule has 0 atom stereocenters. The number of hydrogen-bond donors (Lipinski definition) is 0. The molecule has 0 fully saturated rings. The third-order valence-electron chi connectivity index (χ3n) is 2.55. The second kappa shape index (κ2) is 4.47. The molecule has 0 aliphatic carbocycles. The van der Waals surface area contributed by atoms with Crippen molar-refractivity contribution in [3.05, 3.63) is 46.3 Å². The fraction of sp³-hybridized carbons (Fsp3) is 0.308. The van der Waals surface area contributed by atoms with Crippen molar-refractivity contribution >= 4 is 10.8 Å². The normalized spacial score (nSPS) is 10.9. The molecular weight excluding hydrogens is 207 g/mol. The van der Waals surface area contributed by atoms with Gasteiger partial charge in [0.15, 0.2) is 0 Å². The van der Waals surface area contributed by atoms with Crippen LogP contribution in [-0.2, 0) is 6.42 Å². The summed E-state index contributed by atoms with van der Waals surface area (Å²) in [5.41, 5.74) is -0.455. The molecule has 1 aromatic carbocycles. The summed E-state index contributed by atoms with van der Waals surface area (Å²) in [5, 5.41) is 1.05. The number of halogens is 1. The molecule has 0 unspecified atom stereocenters. The van der Waals surface area contributed by atoms with Crippen LogP contribution in [-0.4, -0.2) is 0 Å². The average Bonchev–Trinajstić information content (AvgIpc) is 2.27. The second-order valence-corrected chi connectivity index (χ2v) is 3.84. The Labute approximate surface area is 92.7 Å². The standard InChI is InChI=1S/C13H13FO2/c1-2-3-4-11-7-9-5-6-10(14)8-12(9)13(15)16-11/h5-8H,2-4H2,1H3. The summed E-state index contributed by atoms with van der Waals surface area (Å²) < 4.78 is 18.1. The molecule has 2 aromatic rings. The third-order valence-corrected chi connectivity index (χ3v) is 2.55. The van der Waals surface area contributed by atoms with Crippen molar-refractivity contribution in [1.29, 1.82) is 0 Å². The van der Waals surface area contributed by atoms with Crippen molar-refractivity contribution in [1.82, 2.24) is 0 Å². The molecule has 1 heterocycles. The van der Waals surface area contributed by atoms with E-state index in [9.17, 15) is 9.18 Å². The molecule has 16 heavy (non-hydrogen) atoms. The third kappa shape index (κ3) is 2.13. The predicted molar refractivity (Wildman–Crippen MR) is 61.1 cm³/mol. The van der Waals surface area contributed by atoms with E-state index >= 15 is 0 Å². The molecule has 0 radical (unpaired) electrons. The van der Waals surface area contributed by atoms with Gasteiger partial charge in [0.1, 0.15) is 11.6 Å². The Morgan fingerprint density at radius 1 is 1.31 bits per heavy atom. The van der Waals surface area contributed by atoms with Gasteiger partial charge in [-0.15, -0.1) is 0 Å². The molecule has 0 aliphatic heterocycles. The largest absolute Gasteiger partial charge is 0.427 e. The summed E-state index contributed by atoms with van der Waals surface area (Å²) in [6.45, 7) is 2.08. The van der Waals surface area contributed by atoms with Gasteiger partial charge in [-0.25, -0.2) is 9.18 Å². The van der Waals surface area contributed by atoms with Crippen LogP contribution >= 0.6 is 0 Å². The zero-order valence-electron chi connectivity index (χ0n) is 9.13. The fourth-order valence-electron chi connectivity index (χ4n) is 1.68. The first-order chi connectivity index (χ1) is 7.70. The van der Waals surface area contributed by atoms with Crippen molar-refractivity contribution in [2.24, 2.45) is 0 Å². The van der Waals surface area contributed by atoms with Gasteiger partial charge in [-0.2, -0.15) is 0 Å². The van der Waals surface area contributed by atoms with Crippen molar-refractivity contribution in [3.63, 3.8) is 0 Å². The molecule has 1 aromatic heterocycles. The number of aryl methyl sites for hydroxylation is 1. The van der Waals surface area contributed by atoms with Gasteiger partial charge in [-0.05, 0) is 30.0 Å². The highest BCUT2D eigenvalue weighted by molar-refractivity contribution is 5.81. The van der Waals surface area contributed by atoms with Gasteiger partial charge in [0, 0.05) is 6.42 Å². The molecular formula is C13H13FO2. The van der Waals surface area contributed by atoms with E-state index in [4.69, 9.17) is 4.42 Å². The Kier molecular flexibility index (Phi) is 3.04. The Hall–Kier alpha value is -1.64. The average molecular weight is 220 g/mol. The van der Waals surface area contributed by atoms with Crippen LogP contribution < -0.4 is 5.63 Å². The monoisotopic (exact) mass is 220 g/mol. The lowest BCUT2D eigenvalue weighted by Crippen LogP contribution is -2.02. The molecule has 3 heteroatoms. The van der Waals surface area contributed by atoms with Gasteiger partial charge in [0.2, 0.25) is 0 Å². The Balaban J connectivity index is 2.51. The summed E-state index contributed by atoms with van der Waals surface area (Å²) in [4.78, 5) is 11.6. The van der Waals surface area contributed by atoms with E-state index < -0.39 is 11.4 Å². The maximum absolute atomic E-state index is 12.9. The summed E-state index contributed by atoms with van der Waals surface area (Å²) in [6, 6.07) is 5.99. The van der Waals surface area contributed by atoms with Crippen molar-refractivity contribution in [2.45, 2.75) is 26.2 Å². The van der Waals surface area contributed by atoms with Crippen LogP contribution in [0.1, 0.15) is 25.5 Å². The Bertz CT molecular complexity index is 557. The van der Waals surface area contributed by atoms with E-state index in [-0.39, 0.29) is 0 Å². The van der Waals surface area contributed by atoms with E-state index in [1.54, 1.807) is 6.07 Å². The van der Waals surface area contributed by atoms with E-state index in [2.05, 4.69) is 6.92 Å². The van der Waals surface area contributed by atoms with Crippen LogP contribution in [0.5, 0.6) is 0 Å². The zero-order chi connectivity index (χ0) is 11.5. The first-order valence-corrected chi connectivity index (χ1v) is 5.43. The lowest BCUT2D eigenvalue weighted by molar-refractivity contribution is 0.460. The molecule has 0 aliphatic rings. The van der Waals surface area contributed by atoms with E-state index in [1.807, 2.05) is 6.07 Å². The van der Waals surface area contributed by atoms with Crippen LogP contribution in [0.2, 0.25) is 0 Å². The zero-order valence-corrected chi connectivity index (χ0v) is 9.13. The van der Waals surface area contributed by atoms with Crippen LogP contribution in [0.15, 0.2) is 33.5 Å². The number of unbranched alkanes of at least 4 members (excludes halogenated alkanes) is 1. The molecule has 2 rings (SSSR count). The van der Waals surface area contributed by atoms with Crippen LogP contribution in [0.25, 0.3) is 10.8 Å². The van der Waals surface area contributed by atoms with E-state index in [0.29, 0.717) is 11.1 Å². The van der Waals surface area contributed by atoms with Crippen LogP contribution in [0, 0.1) is 5.82 Å². The lowest BCUT2D eigenvalue weighted by atomic mass is 10.1. The van der Waals surface area contributed by atoms with E-state index in [0.717, 1.165) is 24.6 Å². The molecule has 0 N–H and O–H groups in total. The number of rotatable bonds is 3. The molecule has 0 amide bonds. The van der Waals surface area contributed by atoms with Gasteiger partial charge in [0.25, 0.3) is 0 Å². The molecule has 0 spiro atoms. The minimum absolute atomic E-state index is 0.306. The fourth-order valence-corrected chi connectivity index (χ4v) is 1.68. The smallest absolute Gasteiger partial charge is 0.343 e. The first-order valence-electron chi connectivity index (χ1n) is 5.43. The topological polar surface area (TPSA) is 30.2 Å². The minimum Gasteiger partial charge on any atom is -0.427 e. The highest BCUT2D eigenvalue weighted by Crippen LogP contribution is 2.14. The van der Waals surface area contributed by atoms with Gasteiger partial charge in [0.05, 0.1) is 5.39 Å². The maximum atomic E-state index is 12.9. The number of benzene rings is 1. The lowest BCUT2D eigenvalue weighted by Gasteiger charge is -2.01. The number of fused-ring (bicyclic) bond motifs is 1. The van der Waals surface area contributed by atoms with Crippen LogP contribution in [0.4, 0.5) is 4.39 Å². The quantitative estimate of drug-likeness (QED) is 0.794. The highest BCUT2D eigenvalue weighted by atomic mass is 19.1. The maximum Gasteiger partial charge on any atom is 0.343 e.